The van der Waals surface area contributed by atoms with Crippen LogP contribution in [0.1, 0.15) is 38.7 Å². The summed E-state index contributed by atoms with van der Waals surface area (Å²) in [4.78, 5) is 0. The maximum atomic E-state index is 9.36. The Morgan fingerprint density at radius 1 is 1.36 bits per heavy atom. The normalized spacial score (nSPS) is 10.6. The van der Waals surface area contributed by atoms with Gasteiger partial charge in [0.25, 0.3) is 0 Å². The van der Waals surface area contributed by atoms with E-state index in [0.29, 0.717) is 11.7 Å². The molecule has 0 radical (unpaired) electrons. The highest BCUT2D eigenvalue weighted by molar-refractivity contribution is 5.41. The molecule has 0 saturated carbocycles. The zero-order valence-corrected chi connectivity index (χ0v) is 9.08. The van der Waals surface area contributed by atoms with Gasteiger partial charge in [-0.1, -0.05) is 20.8 Å². The van der Waals surface area contributed by atoms with Crippen LogP contribution >= 0.6 is 0 Å². The number of rotatable bonds is 4. The minimum absolute atomic E-state index is 0.303. The molecular weight excluding hydrogens is 176 g/mol. The second-order valence-corrected chi connectivity index (χ2v) is 3.73. The van der Waals surface area contributed by atoms with Crippen LogP contribution in [0.3, 0.4) is 0 Å². The lowest BCUT2D eigenvalue weighted by Gasteiger charge is -2.13. The van der Waals surface area contributed by atoms with Crippen LogP contribution in [0.25, 0.3) is 0 Å². The lowest BCUT2D eigenvalue weighted by molar-refractivity contribution is 0.312. The molecule has 0 amide bonds. The van der Waals surface area contributed by atoms with Crippen molar-refractivity contribution in [2.75, 3.05) is 6.61 Å². The summed E-state index contributed by atoms with van der Waals surface area (Å²) in [6.07, 6.45) is 0.998. The van der Waals surface area contributed by atoms with Gasteiger partial charge in [0.1, 0.15) is 11.5 Å². The molecule has 0 bridgehead atoms. The van der Waals surface area contributed by atoms with E-state index >= 15 is 0 Å². The van der Waals surface area contributed by atoms with Gasteiger partial charge in [-0.25, -0.2) is 0 Å². The van der Waals surface area contributed by atoms with Crippen LogP contribution in [0, 0.1) is 0 Å². The Morgan fingerprint density at radius 2 is 2.07 bits per heavy atom. The molecule has 0 aliphatic carbocycles. The average Bonchev–Trinajstić information content (AvgIpc) is 2.15. The molecule has 0 spiro atoms. The number of benzene rings is 1. The van der Waals surface area contributed by atoms with E-state index in [4.69, 9.17) is 4.74 Å². The number of ether oxygens (including phenoxy) is 1. The summed E-state index contributed by atoms with van der Waals surface area (Å²) in [5.74, 6) is 1.56. The molecule has 0 heterocycles. The molecule has 1 aromatic carbocycles. The third-order valence-electron chi connectivity index (χ3n) is 2.08. The zero-order valence-electron chi connectivity index (χ0n) is 9.08. The van der Waals surface area contributed by atoms with Crippen molar-refractivity contribution in [2.45, 2.75) is 33.1 Å². The second-order valence-electron chi connectivity index (χ2n) is 3.73. The quantitative estimate of drug-likeness (QED) is 0.796. The summed E-state index contributed by atoms with van der Waals surface area (Å²) in [7, 11) is 0. The molecule has 78 valence electrons. The van der Waals surface area contributed by atoms with Crippen molar-refractivity contribution >= 4 is 0 Å². The standard InChI is InChI=1S/C12H18O2/c1-4-7-14-12-6-5-10(13)8-11(12)9(2)3/h5-6,8-9,13H,4,7H2,1-3H3. The van der Waals surface area contributed by atoms with E-state index in [1.807, 2.05) is 6.07 Å². The maximum Gasteiger partial charge on any atom is 0.123 e. The fourth-order valence-corrected chi connectivity index (χ4v) is 1.33. The Balaban J connectivity index is 2.90. The van der Waals surface area contributed by atoms with Crippen molar-refractivity contribution < 1.29 is 9.84 Å². The molecule has 1 rings (SSSR count). The number of phenolic OH excluding ortho intramolecular Hbond substituents is 1. The van der Waals surface area contributed by atoms with Gasteiger partial charge >= 0.3 is 0 Å². The van der Waals surface area contributed by atoms with E-state index in [9.17, 15) is 5.11 Å². The highest BCUT2D eigenvalue weighted by atomic mass is 16.5. The molecule has 14 heavy (non-hydrogen) atoms. The number of hydrogen-bond donors (Lipinski definition) is 1. The Hall–Kier alpha value is -1.18. The summed E-state index contributed by atoms with van der Waals surface area (Å²) in [6, 6.07) is 5.27. The van der Waals surface area contributed by atoms with Gasteiger partial charge in [0.2, 0.25) is 0 Å². The first kappa shape index (κ1) is 10.9. The highest BCUT2D eigenvalue weighted by Crippen LogP contribution is 2.29. The van der Waals surface area contributed by atoms with E-state index in [-0.39, 0.29) is 0 Å². The number of aromatic hydroxyl groups is 1. The van der Waals surface area contributed by atoms with E-state index < -0.39 is 0 Å². The molecule has 0 unspecified atom stereocenters. The monoisotopic (exact) mass is 194 g/mol. The minimum Gasteiger partial charge on any atom is -0.508 e. The fourth-order valence-electron chi connectivity index (χ4n) is 1.33. The smallest absolute Gasteiger partial charge is 0.123 e. The third kappa shape index (κ3) is 2.66. The third-order valence-corrected chi connectivity index (χ3v) is 2.08. The molecule has 0 aromatic heterocycles. The van der Waals surface area contributed by atoms with E-state index in [1.165, 1.54) is 0 Å². The molecular formula is C12H18O2. The Bertz CT molecular complexity index is 292. The Labute approximate surface area is 85.5 Å². The van der Waals surface area contributed by atoms with Gasteiger partial charge in [-0.15, -0.1) is 0 Å². The first-order chi connectivity index (χ1) is 6.65. The van der Waals surface area contributed by atoms with Gasteiger partial charge < -0.3 is 9.84 Å². The number of phenols is 1. The van der Waals surface area contributed by atoms with Crippen LogP contribution in [0.5, 0.6) is 11.5 Å². The number of hydrogen-bond acceptors (Lipinski definition) is 2. The van der Waals surface area contributed by atoms with Crippen molar-refractivity contribution in [3.63, 3.8) is 0 Å². The summed E-state index contributed by atoms with van der Waals surface area (Å²) in [5.41, 5.74) is 1.07. The molecule has 0 saturated heterocycles. The van der Waals surface area contributed by atoms with Gasteiger partial charge in [0, 0.05) is 5.56 Å². The van der Waals surface area contributed by atoms with E-state index in [2.05, 4.69) is 20.8 Å². The Morgan fingerprint density at radius 3 is 2.64 bits per heavy atom. The van der Waals surface area contributed by atoms with E-state index in [0.717, 1.165) is 24.3 Å². The molecule has 2 heteroatoms. The van der Waals surface area contributed by atoms with Crippen LogP contribution in [-0.2, 0) is 0 Å². The van der Waals surface area contributed by atoms with Crippen molar-refractivity contribution in [1.82, 2.24) is 0 Å². The first-order valence-corrected chi connectivity index (χ1v) is 5.10. The van der Waals surface area contributed by atoms with Crippen molar-refractivity contribution in [1.29, 1.82) is 0 Å². The molecule has 1 aromatic rings. The summed E-state index contributed by atoms with van der Waals surface area (Å²) in [5, 5.41) is 9.36. The van der Waals surface area contributed by atoms with E-state index in [1.54, 1.807) is 12.1 Å². The lowest BCUT2D eigenvalue weighted by atomic mass is 10.0. The fraction of sp³-hybridized carbons (Fsp3) is 0.500. The first-order valence-electron chi connectivity index (χ1n) is 5.10. The zero-order chi connectivity index (χ0) is 10.6. The second kappa shape index (κ2) is 4.89. The lowest BCUT2D eigenvalue weighted by Crippen LogP contribution is -1.99. The van der Waals surface area contributed by atoms with Crippen LogP contribution < -0.4 is 4.74 Å². The Kier molecular flexibility index (Phi) is 3.81. The molecule has 0 aliphatic rings. The van der Waals surface area contributed by atoms with Crippen LogP contribution in [0.15, 0.2) is 18.2 Å². The van der Waals surface area contributed by atoms with Gasteiger partial charge in [0.05, 0.1) is 6.61 Å². The summed E-state index contributed by atoms with van der Waals surface area (Å²) in [6.45, 7) is 6.99. The van der Waals surface area contributed by atoms with Gasteiger partial charge in [0.15, 0.2) is 0 Å². The highest BCUT2D eigenvalue weighted by Gasteiger charge is 2.08. The molecule has 2 nitrogen and oxygen atoms in total. The van der Waals surface area contributed by atoms with Crippen LogP contribution in [0.2, 0.25) is 0 Å². The summed E-state index contributed by atoms with van der Waals surface area (Å²) >= 11 is 0. The van der Waals surface area contributed by atoms with Crippen molar-refractivity contribution in [2.24, 2.45) is 0 Å². The molecule has 1 N–H and O–H groups in total. The van der Waals surface area contributed by atoms with Gasteiger partial charge in [-0.3, -0.25) is 0 Å². The van der Waals surface area contributed by atoms with Crippen molar-refractivity contribution in [3.8, 4) is 11.5 Å². The summed E-state index contributed by atoms with van der Waals surface area (Å²) < 4.78 is 5.59. The molecule has 0 fully saturated rings. The predicted octanol–water partition coefficient (Wildman–Crippen LogP) is 3.30. The average molecular weight is 194 g/mol. The van der Waals surface area contributed by atoms with Gasteiger partial charge in [-0.05, 0) is 30.5 Å². The minimum atomic E-state index is 0.303. The molecule has 0 atom stereocenters. The largest absolute Gasteiger partial charge is 0.508 e. The predicted molar refractivity (Wildman–Crippen MR) is 58.0 cm³/mol. The van der Waals surface area contributed by atoms with Crippen LogP contribution in [0.4, 0.5) is 0 Å². The maximum absolute atomic E-state index is 9.36. The van der Waals surface area contributed by atoms with Gasteiger partial charge in [-0.2, -0.15) is 0 Å². The van der Waals surface area contributed by atoms with Crippen molar-refractivity contribution in [3.05, 3.63) is 23.8 Å². The molecule has 0 aliphatic heterocycles. The van der Waals surface area contributed by atoms with Crippen LogP contribution in [-0.4, -0.2) is 11.7 Å². The topological polar surface area (TPSA) is 29.5 Å². The SMILES string of the molecule is CCCOc1ccc(O)cc1C(C)C.